The standard InChI is InChI=1S/C7H14O3/c1-4-2-6(9)7(10)3-5(4)8/h4-10H,2-3H2,1H3/t4-,5-,6+,7-/m1/s1. The third-order valence-electron chi connectivity index (χ3n) is 2.20. The Labute approximate surface area is 60.3 Å². The largest absolute Gasteiger partial charge is 0.393 e. The molecule has 0 aliphatic heterocycles. The molecule has 1 aliphatic rings. The Morgan fingerprint density at radius 2 is 1.40 bits per heavy atom. The number of rotatable bonds is 0. The van der Waals surface area contributed by atoms with Crippen molar-refractivity contribution in [2.75, 3.05) is 0 Å². The molecule has 1 rings (SSSR count). The fraction of sp³-hybridized carbons (Fsp3) is 1.00. The highest BCUT2D eigenvalue weighted by Crippen LogP contribution is 2.24. The van der Waals surface area contributed by atoms with Gasteiger partial charge in [-0.3, -0.25) is 0 Å². The molecule has 0 amide bonds. The van der Waals surface area contributed by atoms with E-state index in [-0.39, 0.29) is 5.92 Å². The van der Waals surface area contributed by atoms with Crippen LogP contribution in [0.3, 0.4) is 0 Å². The first-order valence-corrected chi connectivity index (χ1v) is 3.65. The van der Waals surface area contributed by atoms with E-state index < -0.39 is 18.3 Å². The van der Waals surface area contributed by atoms with Gasteiger partial charge in [-0.25, -0.2) is 0 Å². The molecule has 0 aromatic rings. The van der Waals surface area contributed by atoms with Crippen molar-refractivity contribution < 1.29 is 15.3 Å². The second-order valence-corrected chi connectivity index (χ2v) is 3.15. The first-order valence-electron chi connectivity index (χ1n) is 3.65. The smallest absolute Gasteiger partial charge is 0.0823 e. The minimum atomic E-state index is -0.730. The summed E-state index contributed by atoms with van der Waals surface area (Å²) < 4.78 is 0. The van der Waals surface area contributed by atoms with Gasteiger partial charge in [0.1, 0.15) is 0 Å². The van der Waals surface area contributed by atoms with E-state index in [0.29, 0.717) is 12.8 Å². The van der Waals surface area contributed by atoms with Crippen molar-refractivity contribution in [1.82, 2.24) is 0 Å². The minimum Gasteiger partial charge on any atom is -0.393 e. The summed E-state index contributed by atoms with van der Waals surface area (Å²) in [7, 11) is 0. The molecule has 0 spiro atoms. The van der Waals surface area contributed by atoms with Gasteiger partial charge in [-0.1, -0.05) is 6.92 Å². The van der Waals surface area contributed by atoms with E-state index in [0.717, 1.165) is 0 Å². The molecule has 60 valence electrons. The van der Waals surface area contributed by atoms with Crippen LogP contribution >= 0.6 is 0 Å². The van der Waals surface area contributed by atoms with Crippen LogP contribution in [0.5, 0.6) is 0 Å². The summed E-state index contributed by atoms with van der Waals surface area (Å²) >= 11 is 0. The van der Waals surface area contributed by atoms with Crippen LogP contribution in [0.4, 0.5) is 0 Å². The molecule has 0 saturated heterocycles. The number of hydrogen-bond donors (Lipinski definition) is 3. The van der Waals surface area contributed by atoms with Crippen molar-refractivity contribution in [3.8, 4) is 0 Å². The summed E-state index contributed by atoms with van der Waals surface area (Å²) in [6.07, 6.45) is -1.01. The maximum absolute atomic E-state index is 9.19. The molecule has 1 fully saturated rings. The molecule has 0 unspecified atom stereocenters. The first kappa shape index (κ1) is 7.98. The molecule has 10 heavy (non-hydrogen) atoms. The molecule has 0 radical (unpaired) electrons. The average Bonchev–Trinajstić information content (AvgIpc) is 1.84. The summed E-state index contributed by atoms with van der Waals surface area (Å²) in [5.74, 6) is 0.110. The Kier molecular flexibility index (Phi) is 2.28. The topological polar surface area (TPSA) is 60.7 Å². The number of hydrogen-bond acceptors (Lipinski definition) is 3. The zero-order chi connectivity index (χ0) is 7.72. The summed E-state index contributed by atoms with van der Waals surface area (Å²) in [4.78, 5) is 0. The second kappa shape index (κ2) is 2.86. The Morgan fingerprint density at radius 1 is 0.900 bits per heavy atom. The van der Waals surface area contributed by atoms with Crippen molar-refractivity contribution in [1.29, 1.82) is 0 Å². The minimum absolute atomic E-state index is 0.110. The van der Waals surface area contributed by atoms with Crippen LogP contribution in [-0.4, -0.2) is 33.6 Å². The van der Waals surface area contributed by atoms with E-state index in [1.165, 1.54) is 0 Å². The lowest BCUT2D eigenvalue weighted by atomic mass is 9.84. The Hall–Kier alpha value is -0.120. The van der Waals surface area contributed by atoms with Gasteiger partial charge < -0.3 is 15.3 Å². The molecule has 0 heterocycles. The Morgan fingerprint density at radius 3 is 1.90 bits per heavy atom. The molecule has 0 aromatic heterocycles. The van der Waals surface area contributed by atoms with E-state index in [1.807, 2.05) is 6.92 Å². The maximum Gasteiger partial charge on any atom is 0.0823 e. The third-order valence-corrected chi connectivity index (χ3v) is 2.20. The molecule has 0 aromatic carbocycles. The quantitative estimate of drug-likeness (QED) is 0.431. The molecule has 1 saturated carbocycles. The monoisotopic (exact) mass is 146 g/mol. The van der Waals surface area contributed by atoms with Crippen molar-refractivity contribution in [2.24, 2.45) is 5.92 Å². The second-order valence-electron chi connectivity index (χ2n) is 3.15. The van der Waals surface area contributed by atoms with E-state index in [2.05, 4.69) is 0 Å². The average molecular weight is 146 g/mol. The maximum atomic E-state index is 9.19. The highest BCUT2D eigenvalue weighted by molar-refractivity contribution is 4.82. The molecule has 1 aliphatic carbocycles. The van der Waals surface area contributed by atoms with Gasteiger partial charge in [0.15, 0.2) is 0 Å². The van der Waals surface area contributed by atoms with Gasteiger partial charge in [0.05, 0.1) is 18.3 Å². The first-order chi connectivity index (χ1) is 4.61. The van der Waals surface area contributed by atoms with Gasteiger partial charge >= 0.3 is 0 Å². The SMILES string of the molecule is C[C@@H]1C[C@H](O)[C@H](O)C[C@H]1O. The van der Waals surface area contributed by atoms with Crippen LogP contribution in [0.25, 0.3) is 0 Å². The van der Waals surface area contributed by atoms with Gasteiger partial charge in [0, 0.05) is 6.42 Å². The van der Waals surface area contributed by atoms with Crippen LogP contribution in [-0.2, 0) is 0 Å². The highest BCUT2D eigenvalue weighted by atomic mass is 16.3. The molecular formula is C7H14O3. The summed E-state index contributed by atoms with van der Waals surface area (Å²) in [6, 6.07) is 0. The predicted molar refractivity (Wildman–Crippen MR) is 36.4 cm³/mol. The van der Waals surface area contributed by atoms with Crippen LogP contribution in [0.2, 0.25) is 0 Å². The van der Waals surface area contributed by atoms with Gasteiger partial charge in [-0.15, -0.1) is 0 Å². The molecule has 3 N–H and O–H groups in total. The van der Waals surface area contributed by atoms with Crippen molar-refractivity contribution in [2.45, 2.75) is 38.1 Å². The highest BCUT2D eigenvalue weighted by Gasteiger charge is 2.31. The zero-order valence-corrected chi connectivity index (χ0v) is 6.07. The van der Waals surface area contributed by atoms with Crippen LogP contribution < -0.4 is 0 Å². The normalized spacial score (nSPS) is 49.2. The van der Waals surface area contributed by atoms with Crippen molar-refractivity contribution in [3.05, 3.63) is 0 Å². The van der Waals surface area contributed by atoms with Gasteiger partial charge in [0.2, 0.25) is 0 Å². The fourth-order valence-corrected chi connectivity index (χ4v) is 1.33. The van der Waals surface area contributed by atoms with Gasteiger partial charge in [-0.2, -0.15) is 0 Å². The Bertz CT molecular complexity index is 89.4. The molecule has 3 nitrogen and oxygen atoms in total. The molecule has 3 heteroatoms. The van der Waals surface area contributed by atoms with Crippen molar-refractivity contribution >= 4 is 0 Å². The van der Waals surface area contributed by atoms with Crippen LogP contribution in [0, 0.1) is 5.92 Å². The van der Waals surface area contributed by atoms with E-state index in [4.69, 9.17) is 10.2 Å². The lowest BCUT2D eigenvalue weighted by molar-refractivity contribution is -0.0728. The Balaban J connectivity index is 2.46. The fourth-order valence-electron chi connectivity index (χ4n) is 1.33. The van der Waals surface area contributed by atoms with Crippen molar-refractivity contribution in [3.63, 3.8) is 0 Å². The lowest BCUT2D eigenvalue weighted by Gasteiger charge is -2.31. The summed E-state index contributed by atoms with van der Waals surface area (Å²) in [6.45, 7) is 1.87. The zero-order valence-electron chi connectivity index (χ0n) is 6.07. The molecule has 0 bridgehead atoms. The van der Waals surface area contributed by atoms with Crippen LogP contribution in [0.1, 0.15) is 19.8 Å². The van der Waals surface area contributed by atoms with Crippen LogP contribution in [0.15, 0.2) is 0 Å². The molecule has 4 atom stereocenters. The molecular weight excluding hydrogens is 132 g/mol. The van der Waals surface area contributed by atoms with E-state index in [9.17, 15) is 5.11 Å². The number of aliphatic hydroxyl groups excluding tert-OH is 3. The predicted octanol–water partition coefficient (Wildman–Crippen LogP) is -0.501. The number of aliphatic hydroxyl groups is 3. The van der Waals surface area contributed by atoms with E-state index in [1.54, 1.807) is 0 Å². The van der Waals surface area contributed by atoms with Gasteiger partial charge in [-0.05, 0) is 12.3 Å². The lowest BCUT2D eigenvalue weighted by Crippen LogP contribution is -2.40. The summed E-state index contributed by atoms with van der Waals surface area (Å²) in [5.41, 5.74) is 0. The summed E-state index contributed by atoms with van der Waals surface area (Å²) in [5, 5.41) is 27.4. The third kappa shape index (κ3) is 1.48. The van der Waals surface area contributed by atoms with Gasteiger partial charge in [0.25, 0.3) is 0 Å². The van der Waals surface area contributed by atoms with E-state index >= 15 is 0 Å².